The largest absolute Gasteiger partial charge is 0.367 e. The molecule has 0 radical (unpaired) electrons. The van der Waals surface area contributed by atoms with Gasteiger partial charge in [-0.1, -0.05) is 16.9 Å². The standard InChI is InChI=1S/C15H19N7O2S/c1-9(2)19-12-10-8-17-22(13(10)21-15(20-12)25-3)7-6-16-14(23)11-4-5-18-24-11/h4-5,8-9H,6-7H2,1-3H3,(H,16,23)(H,19,20,21). The Kier molecular flexibility index (Phi) is 5.17. The van der Waals surface area contributed by atoms with Crippen molar-refractivity contribution in [3.8, 4) is 0 Å². The minimum Gasteiger partial charge on any atom is -0.367 e. The predicted octanol–water partition coefficient (Wildman–Crippen LogP) is 1.79. The number of hydrogen-bond acceptors (Lipinski definition) is 8. The van der Waals surface area contributed by atoms with Gasteiger partial charge in [0.15, 0.2) is 10.8 Å². The van der Waals surface area contributed by atoms with E-state index in [4.69, 9.17) is 4.52 Å². The lowest BCUT2D eigenvalue weighted by Crippen LogP contribution is -2.27. The molecule has 3 aromatic rings. The summed E-state index contributed by atoms with van der Waals surface area (Å²) in [4.78, 5) is 20.9. The average Bonchev–Trinajstić information content (AvgIpc) is 3.24. The summed E-state index contributed by atoms with van der Waals surface area (Å²) in [6.07, 6.45) is 5.10. The molecule has 0 aromatic carbocycles. The molecule has 2 N–H and O–H groups in total. The molecule has 0 aliphatic carbocycles. The number of amides is 1. The van der Waals surface area contributed by atoms with Crippen LogP contribution in [-0.2, 0) is 6.54 Å². The van der Waals surface area contributed by atoms with Gasteiger partial charge in [0.25, 0.3) is 5.91 Å². The highest BCUT2D eigenvalue weighted by molar-refractivity contribution is 7.98. The molecule has 0 spiro atoms. The molecular formula is C15H19N7O2S. The van der Waals surface area contributed by atoms with Gasteiger partial charge in [-0.25, -0.2) is 14.6 Å². The zero-order valence-corrected chi connectivity index (χ0v) is 15.0. The fourth-order valence-electron chi connectivity index (χ4n) is 2.27. The van der Waals surface area contributed by atoms with E-state index in [1.54, 1.807) is 10.9 Å². The van der Waals surface area contributed by atoms with Crippen LogP contribution in [0.1, 0.15) is 24.4 Å². The summed E-state index contributed by atoms with van der Waals surface area (Å²) in [6, 6.07) is 1.76. The number of nitrogens with zero attached hydrogens (tertiary/aromatic N) is 5. The Balaban J connectivity index is 1.76. The van der Waals surface area contributed by atoms with Gasteiger partial charge in [0.1, 0.15) is 5.82 Å². The molecule has 0 unspecified atom stereocenters. The summed E-state index contributed by atoms with van der Waals surface area (Å²) < 4.78 is 6.57. The molecule has 0 aliphatic rings. The quantitative estimate of drug-likeness (QED) is 0.484. The minimum atomic E-state index is -0.310. The lowest BCUT2D eigenvalue weighted by molar-refractivity contribution is 0.0915. The number of carbonyl (C=O) groups excluding carboxylic acids is 1. The number of anilines is 1. The molecule has 0 saturated carbocycles. The molecule has 0 fully saturated rings. The minimum absolute atomic E-state index is 0.181. The molecule has 0 bridgehead atoms. The topological polar surface area (TPSA) is 111 Å². The molecule has 9 nitrogen and oxygen atoms in total. The highest BCUT2D eigenvalue weighted by Crippen LogP contribution is 2.23. The van der Waals surface area contributed by atoms with Gasteiger partial charge >= 0.3 is 0 Å². The van der Waals surface area contributed by atoms with Crippen molar-refractivity contribution in [3.05, 3.63) is 24.2 Å². The second-order valence-electron chi connectivity index (χ2n) is 5.60. The first-order valence-electron chi connectivity index (χ1n) is 7.81. The summed E-state index contributed by atoms with van der Waals surface area (Å²) in [5, 5.41) is 15.5. The van der Waals surface area contributed by atoms with Crippen LogP contribution in [0.2, 0.25) is 0 Å². The van der Waals surface area contributed by atoms with E-state index in [0.717, 1.165) is 16.9 Å². The van der Waals surface area contributed by atoms with E-state index < -0.39 is 0 Å². The molecule has 3 rings (SSSR count). The van der Waals surface area contributed by atoms with E-state index in [1.165, 1.54) is 24.0 Å². The van der Waals surface area contributed by atoms with Crippen LogP contribution in [0.15, 0.2) is 28.1 Å². The van der Waals surface area contributed by atoms with Gasteiger partial charge in [-0.3, -0.25) is 4.79 Å². The Labute approximate surface area is 148 Å². The predicted molar refractivity (Wildman–Crippen MR) is 94.7 cm³/mol. The molecule has 0 atom stereocenters. The van der Waals surface area contributed by atoms with E-state index in [1.807, 2.05) is 6.26 Å². The monoisotopic (exact) mass is 361 g/mol. The van der Waals surface area contributed by atoms with Gasteiger partial charge in [0, 0.05) is 18.7 Å². The Bertz CT molecular complexity index is 860. The van der Waals surface area contributed by atoms with Crippen LogP contribution in [0.4, 0.5) is 5.82 Å². The number of fused-ring (bicyclic) bond motifs is 1. The van der Waals surface area contributed by atoms with Crippen LogP contribution in [0, 0.1) is 0 Å². The van der Waals surface area contributed by atoms with Crippen LogP contribution < -0.4 is 10.6 Å². The molecule has 0 saturated heterocycles. The number of hydrogen-bond donors (Lipinski definition) is 2. The normalized spacial score (nSPS) is 11.2. The zero-order valence-electron chi connectivity index (χ0n) is 14.2. The second-order valence-corrected chi connectivity index (χ2v) is 6.37. The lowest BCUT2D eigenvalue weighted by atomic mass is 10.3. The second kappa shape index (κ2) is 7.51. The number of thioether (sulfide) groups is 1. The summed E-state index contributed by atoms with van der Waals surface area (Å²) in [6.45, 7) is 4.98. The first-order valence-corrected chi connectivity index (χ1v) is 9.04. The number of rotatable bonds is 7. The third-order valence-corrected chi connectivity index (χ3v) is 3.90. The van der Waals surface area contributed by atoms with E-state index in [9.17, 15) is 4.79 Å². The Hall–Kier alpha value is -2.62. The van der Waals surface area contributed by atoms with Crippen molar-refractivity contribution in [3.63, 3.8) is 0 Å². The zero-order chi connectivity index (χ0) is 17.8. The molecule has 0 aliphatic heterocycles. The van der Waals surface area contributed by atoms with Gasteiger partial charge in [-0.2, -0.15) is 5.10 Å². The Morgan fingerprint density at radius 1 is 1.40 bits per heavy atom. The van der Waals surface area contributed by atoms with Gasteiger partial charge in [-0.05, 0) is 20.1 Å². The van der Waals surface area contributed by atoms with Crippen molar-refractivity contribution in [1.82, 2.24) is 30.2 Å². The Morgan fingerprint density at radius 2 is 2.24 bits per heavy atom. The van der Waals surface area contributed by atoms with Crippen molar-refractivity contribution in [1.29, 1.82) is 0 Å². The highest BCUT2D eigenvalue weighted by atomic mass is 32.2. The van der Waals surface area contributed by atoms with Crippen LogP contribution in [0.25, 0.3) is 11.0 Å². The van der Waals surface area contributed by atoms with Crippen LogP contribution in [-0.4, -0.2) is 49.7 Å². The van der Waals surface area contributed by atoms with Crippen LogP contribution >= 0.6 is 11.8 Å². The number of aromatic nitrogens is 5. The molecular weight excluding hydrogens is 342 g/mol. The first-order chi connectivity index (χ1) is 12.1. The van der Waals surface area contributed by atoms with Crippen LogP contribution in [0.5, 0.6) is 0 Å². The van der Waals surface area contributed by atoms with E-state index in [-0.39, 0.29) is 17.7 Å². The van der Waals surface area contributed by atoms with Crippen molar-refractivity contribution < 1.29 is 9.32 Å². The first kappa shape index (κ1) is 17.2. The summed E-state index contributed by atoms with van der Waals surface area (Å²) in [5.74, 6) is 0.637. The summed E-state index contributed by atoms with van der Waals surface area (Å²) >= 11 is 1.47. The van der Waals surface area contributed by atoms with Gasteiger partial charge in [-0.15, -0.1) is 0 Å². The van der Waals surface area contributed by atoms with Gasteiger partial charge in [0.2, 0.25) is 5.76 Å². The van der Waals surface area contributed by atoms with E-state index in [0.29, 0.717) is 18.2 Å². The molecule has 3 aromatic heterocycles. The molecule has 25 heavy (non-hydrogen) atoms. The van der Waals surface area contributed by atoms with Crippen molar-refractivity contribution in [2.24, 2.45) is 0 Å². The maximum absolute atomic E-state index is 11.9. The molecule has 10 heteroatoms. The highest BCUT2D eigenvalue weighted by Gasteiger charge is 2.14. The Morgan fingerprint density at radius 3 is 2.92 bits per heavy atom. The van der Waals surface area contributed by atoms with E-state index in [2.05, 4.69) is 44.7 Å². The summed E-state index contributed by atoms with van der Waals surface area (Å²) in [5.41, 5.74) is 0.733. The lowest BCUT2D eigenvalue weighted by Gasteiger charge is -2.11. The maximum Gasteiger partial charge on any atom is 0.289 e. The van der Waals surface area contributed by atoms with Crippen molar-refractivity contribution in [2.45, 2.75) is 31.6 Å². The number of nitrogens with one attached hydrogen (secondary N) is 2. The fraction of sp³-hybridized carbons (Fsp3) is 0.400. The molecule has 3 heterocycles. The molecule has 1 amide bonds. The summed E-state index contributed by atoms with van der Waals surface area (Å²) in [7, 11) is 0. The maximum atomic E-state index is 11.9. The number of carbonyl (C=O) groups is 1. The van der Waals surface area contributed by atoms with E-state index >= 15 is 0 Å². The third kappa shape index (κ3) is 3.90. The van der Waals surface area contributed by atoms with Gasteiger partial charge in [0.05, 0.1) is 24.3 Å². The van der Waals surface area contributed by atoms with Crippen LogP contribution in [0.3, 0.4) is 0 Å². The smallest absolute Gasteiger partial charge is 0.289 e. The fourth-order valence-corrected chi connectivity index (χ4v) is 2.63. The third-order valence-electron chi connectivity index (χ3n) is 3.35. The molecule has 132 valence electrons. The SMILES string of the molecule is CSc1nc(NC(C)C)c2cnn(CCNC(=O)c3ccno3)c2n1. The van der Waals surface area contributed by atoms with Gasteiger partial charge < -0.3 is 15.2 Å². The average molecular weight is 361 g/mol. The van der Waals surface area contributed by atoms with Crippen molar-refractivity contribution >= 4 is 34.5 Å². The van der Waals surface area contributed by atoms with Crippen molar-refractivity contribution in [2.75, 3.05) is 18.1 Å².